The Balaban J connectivity index is 1.51. The second-order valence-electron chi connectivity index (χ2n) is 11.7. The van der Waals surface area contributed by atoms with Gasteiger partial charge in [0.15, 0.2) is 15.0 Å². The summed E-state index contributed by atoms with van der Waals surface area (Å²) in [5.41, 5.74) is 6.90. The molecule has 3 aromatic rings. The highest BCUT2D eigenvalue weighted by Gasteiger charge is 2.36. The molecule has 0 saturated carbocycles. The first-order valence-electron chi connectivity index (χ1n) is 14.2. The molecule has 0 bridgehead atoms. The zero-order valence-corrected chi connectivity index (χ0v) is 25.8. The Labute approximate surface area is 234 Å². The van der Waals surface area contributed by atoms with Gasteiger partial charge >= 0.3 is 0 Å². The number of anilines is 1. The lowest BCUT2D eigenvalue weighted by Crippen LogP contribution is -2.40. The summed E-state index contributed by atoms with van der Waals surface area (Å²) in [5.74, 6) is 0.676. The number of piperidine rings is 1. The molecule has 6 heteroatoms. The van der Waals surface area contributed by atoms with Crippen LogP contribution in [0.25, 0.3) is 0 Å². The van der Waals surface area contributed by atoms with Crippen LogP contribution in [0.4, 0.5) is 5.13 Å². The summed E-state index contributed by atoms with van der Waals surface area (Å²) in [7, 11) is -3.45. The third-order valence-corrected chi connectivity index (χ3v) is 11.2. The minimum Gasteiger partial charge on any atom is -0.348 e. The summed E-state index contributed by atoms with van der Waals surface area (Å²) in [6.45, 7) is 16.4. The zero-order valence-electron chi connectivity index (χ0n) is 24.1. The van der Waals surface area contributed by atoms with Crippen molar-refractivity contribution in [3.05, 3.63) is 75.3 Å². The summed E-state index contributed by atoms with van der Waals surface area (Å²) >= 11 is 1.67. The van der Waals surface area contributed by atoms with Crippen LogP contribution >= 0.6 is 11.3 Å². The van der Waals surface area contributed by atoms with Gasteiger partial charge in [-0.3, -0.25) is 0 Å². The molecule has 0 amide bonds. The molecule has 0 N–H and O–H groups in total. The average Bonchev–Trinajstić information content (AvgIpc) is 3.36. The number of rotatable bonds is 9. The highest BCUT2D eigenvalue weighted by Crippen LogP contribution is 2.39. The number of sulfone groups is 1. The maximum atomic E-state index is 14.2. The molecule has 4 nitrogen and oxygen atoms in total. The van der Waals surface area contributed by atoms with Gasteiger partial charge in [-0.15, -0.1) is 11.3 Å². The van der Waals surface area contributed by atoms with Crippen molar-refractivity contribution in [3.8, 4) is 0 Å². The number of thiazole rings is 1. The summed E-state index contributed by atoms with van der Waals surface area (Å²) in [6.07, 6.45) is 3.15. The van der Waals surface area contributed by atoms with Crippen LogP contribution in [-0.2, 0) is 22.7 Å². The number of aromatic nitrogens is 1. The maximum absolute atomic E-state index is 14.2. The lowest BCUT2D eigenvalue weighted by atomic mass is 9.89. The SMILES string of the molecule is CCc1ccc(Cc2csc(N3CCC(S(=O)(=O)c4c(C(C)C)cc(C(C)C)cc4C(C)C)CC3)n2)cc1. The third-order valence-electron chi connectivity index (χ3n) is 7.87. The predicted molar refractivity (Wildman–Crippen MR) is 162 cm³/mol. The van der Waals surface area contributed by atoms with Gasteiger partial charge in [-0.25, -0.2) is 13.4 Å². The second kappa shape index (κ2) is 11.9. The third kappa shape index (κ3) is 6.17. The summed E-state index contributed by atoms with van der Waals surface area (Å²) in [5, 5.41) is 2.80. The number of hydrogen-bond acceptors (Lipinski definition) is 5. The fourth-order valence-electron chi connectivity index (χ4n) is 5.37. The number of hydrogen-bond donors (Lipinski definition) is 0. The van der Waals surface area contributed by atoms with E-state index in [-0.39, 0.29) is 17.1 Å². The average molecular weight is 553 g/mol. The van der Waals surface area contributed by atoms with E-state index in [1.165, 1.54) is 16.7 Å². The monoisotopic (exact) mass is 552 g/mol. The van der Waals surface area contributed by atoms with E-state index in [0.717, 1.165) is 47.9 Å². The van der Waals surface area contributed by atoms with Crippen LogP contribution in [0.5, 0.6) is 0 Å². The van der Waals surface area contributed by atoms with Crippen molar-refractivity contribution in [2.75, 3.05) is 18.0 Å². The van der Waals surface area contributed by atoms with Crippen molar-refractivity contribution >= 4 is 26.3 Å². The fourth-order valence-corrected chi connectivity index (χ4v) is 8.66. The summed E-state index contributed by atoms with van der Waals surface area (Å²) in [6, 6.07) is 13.1. The van der Waals surface area contributed by atoms with Crippen LogP contribution in [0.2, 0.25) is 0 Å². The second-order valence-corrected chi connectivity index (χ2v) is 14.7. The minimum absolute atomic E-state index is 0.156. The Hall–Kier alpha value is -2.18. The molecule has 0 spiro atoms. The first kappa shape index (κ1) is 28.8. The Morgan fingerprint density at radius 3 is 1.95 bits per heavy atom. The van der Waals surface area contributed by atoms with Gasteiger partial charge < -0.3 is 4.90 Å². The molecule has 38 heavy (non-hydrogen) atoms. The van der Waals surface area contributed by atoms with Crippen molar-refractivity contribution < 1.29 is 8.42 Å². The Morgan fingerprint density at radius 1 is 0.895 bits per heavy atom. The van der Waals surface area contributed by atoms with Crippen molar-refractivity contribution in [2.24, 2.45) is 0 Å². The summed E-state index contributed by atoms with van der Waals surface area (Å²) in [4.78, 5) is 7.79. The van der Waals surface area contributed by atoms with Crippen LogP contribution in [-0.4, -0.2) is 31.7 Å². The molecule has 206 valence electrons. The largest absolute Gasteiger partial charge is 0.348 e. The van der Waals surface area contributed by atoms with Gasteiger partial charge in [-0.1, -0.05) is 84.9 Å². The molecule has 0 unspecified atom stereocenters. The maximum Gasteiger partial charge on any atom is 0.185 e. The standard InChI is InChI=1S/C32H44N2O2S2/c1-8-24-9-11-25(12-10-24)17-27-20-37-32(33-27)34-15-13-28(14-16-34)38(35,36)31-29(22(4)5)18-26(21(2)3)19-30(31)23(6)7/h9-12,18-23,28H,8,13-17H2,1-7H3. The Morgan fingerprint density at radius 2 is 1.45 bits per heavy atom. The lowest BCUT2D eigenvalue weighted by Gasteiger charge is -2.33. The number of aryl methyl sites for hydroxylation is 1. The molecule has 0 aliphatic carbocycles. The normalized spacial score (nSPS) is 15.3. The van der Waals surface area contributed by atoms with Gasteiger partial charge in [0.2, 0.25) is 0 Å². The van der Waals surface area contributed by atoms with Crippen molar-refractivity contribution in [3.63, 3.8) is 0 Å². The van der Waals surface area contributed by atoms with Gasteiger partial charge in [-0.05, 0) is 64.8 Å². The number of benzene rings is 2. The van der Waals surface area contributed by atoms with Gasteiger partial charge in [0.25, 0.3) is 0 Å². The zero-order chi connectivity index (χ0) is 27.6. The van der Waals surface area contributed by atoms with Gasteiger partial charge in [-0.2, -0.15) is 0 Å². The van der Waals surface area contributed by atoms with Crippen molar-refractivity contribution in [1.82, 2.24) is 4.98 Å². The Bertz CT molecular complexity index is 1300. The van der Waals surface area contributed by atoms with Crippen molar-refractivity contribution in [2.45, 2.75) is 102 Å². The molecule has 0 radical (unpaired) electrons. The molecule has 2 heterocycles. The molecular formula is C32H44N2O2S2. The number of nitrogens with zero attached hydrogens (tertiary/aromatic N) is 2. The van der Waals surface area contributed by atoms with Crippen LogP contribution in [0.1, 0.15) is 113 Å². The van der Waals surface area contributed by atoms with Crippen LogP contribution in [0, 0.1) is 0 Å². The molecule has 1 aliphatic heterocycles. The van der Waals surface area contributed by atoms with E-state index in [9.17, 15) is 8.42 Å². The van der Waals surface area contributed by atoms with Crippen LogP contribution in [0.15, 0.2) is 46.7 Å². The van der Waals surface area contributed by atoms with Crippen LogP contribution < -0.4 is 4.90 Å². The molecule has 4 rings (SSSR count). The van der Waals surface area contributed by atoms with E-state index in [1.807, 2.05) is 0 Å². The molecule has 1 saturated heterocycles. The molecule has 0 atom stereocenters. The lowest BCUT2D eigenvalue weighted by molar-refractivity contribution is 0.526. The molecule has 1 aromatic heterocycles. The first-order chi connectivity index (χ1) is 18.0. The van der Waals surface area contributed by atoms with E-state index in [1.54, 1.807) is 11.3 Å². The van der Waals surface area contributed by atoms with E-state index in [4.69, 9.17) is 4.98 Å². The van der Waals surface area contributed by atoms with E-state index < -0.39 is 9.84 Å². The van der Waals surface area contributed by atoms with Gasteiger partial charge in [0.05, 0.1) is 15.8 Å². The highest BCUT2D eigenvalue weighted by atomic mass is 32.2. The van der Waals surface area contributed by atoms with Gasteiger partial charge in [0.1, 0.15) is 0 Å². The molecule has 1 aliphatic rings. The summed E-state index contributed by atoms with van der Waals surface area (Å²) < 4.78 is 28.4. The molecule has 2 aromatic carbocycles. The van der Waals surface area contributed by atoms with Crippen LogP contribution in [0.3, 0.4) is 0 Å². The topological polar surface area (TPSA) is 50.3 Å². The van der Waals surface area contributed by atoms with E-state index in [0.29, 0.717) is 23.7 Å². The first-order valence-corrected chi connectivity index (χ1v) is 16.6. The highest BCUT2D eigenvalue weighted by molar-refractivity contribution is 7.92. The van der Waals surface area contributed by atoms with Gasteiger partial charge in [0, 0.05) is 24.9 Å². The fraction of sp³-hybridized carbons (Fsp3) is 0.531. The quantitative estimate of drug-likeness (QED) is 0.269. The smallest absolute Gasteiger partial charge is 0.185 e. The van der Waals surface area contributed by atoms with Crippen molar-refractivity contribution in [1.29, 1.82) is 0 Å². The molecule has 1 fully saturated rings. The van der Waals surface area contributed by atoms with E-state index in [2.05, 4.69) is 95.1 Å². The minimum atomic E-state index is -3.45. The molecular weight excluding hydrogens is 508 g/mol. The Kier molecular flexibility index (Phi) is 9.03. The predicted octanol–water partition coefficient (Wildman–Crippen LogP) is 8.11. The van der Waals surface area contributed by atoms with E-state index >= 15 is 0 Å².